The van der Waals surface area contributed by atoms with Crippen molar-refractivity contribution in [3.63, 3.8) is 0 Å². The van der Waals surface area contributed by atoms with Crippen LogP contribution < -0.4 is 0 Å². The van der Waals surface area contributed by atoms with Gasteiger partial charge in [0.05, 0.1) is 11.1 Å². The van der Waals surface area contributed by atoms with Crippen LogP contribution in [0.2, 0.25) is 0 Å². The Hall–Kier alpha value is -2.44. The molecular weight excluding hydrogens is 379 g/mol. The van der Waals surface area contributed by atoms with Crippen LogP contribution in [0.3, 0.4) is 0 Å². The molecule has 0 bridgehead atoms. The Balaban J connectivity index is 1.95. The Morgan fingerprint density at radius 2 is 1.32 bits per heavy atom. The third kappa shape index (κ3) is 5.30. The molecule has 0 unspecified atom stereocenters. The standard InChI is InChI=1S/C21H21F5O2/c1-2-3-4-5-6-7-13-8-10-14(11-9-13)21(27)28-12-15-16(22)18(24)20(26)19(25)17(15)23/h8-11H,2-7,12H2,1H3. The average molecular weight is 400 g/mol. The minimum Gasteiger partial charge on any atom is -0.457 e. The molecule has 2 aromatic rings. The molecule has 0 heterocycles. The minimum atomic E-state index is -2.25. The molecule has 0 atom stereocenters. The number of rotatable bonds is 9. The largest absolute Gasteiger partial charge is 0.457 e. The van der Waals surface area contributed by atoms with Gasteiger partial charge in [-0.2, -0.15) is 0 Å². The van der Waals surface area contributed by atoms with Gasteiger partial charge >= 0.3 is 5.97 Å². The maximum absolute atomic E-state index is 13.6. The van der Waals surface area contributed by atoms with Crippen molar-refractivity contribution in [3.8, 4) is 0 Å². The lowest BCUT2D eigenvalue weighted by molar-refractivity contribution is 0.0462. The molecule has 2 aromatic carbocycles. The molecule has 2 rings (SSSR count). The van der Waals surface area contributed by atoms with Crippen LogP contribution in [0.4, 0.5) is 22.0 Å². The Labute approximate surface area is 160 Å². The summed E-state index contributed by atoms with van der Waals surface area (Å²) in [6, 6.07) is 6.49. The highest BCUT2D eigenvalue weighted by Crippen LogP contribution is 2.24. The molecule has 0 aliphatic carbocycles. The van der Waals surface area contributed by atoms with Crippen molar-refractivity contribution < 1.29 is 31.5 Å². The van der Waals surface area contributed by atoms with Gasteiger partial charge in [0.15, 0.2) is 23.3 Å². The van der Waals surface area contributed by atoms with Gasteiger partial charge < -0.3 is 4.74 Å². The molecule has 0 aliphatic rings. The molecule has 0 amide bonds. The number of carbonyl (C=O) groups excluding carboxylic acids is 1. The summed E-state index contributed by atoms with van der Waals surface area (Å²) in [4.78, 5) is 12.0. The van der Waals surface area contributed by atoms with Crippen LogP contribution in [0.25, 0.3) is 0 Å². The van der Waals surface area contributed by atoms with E-state index in [2.05, 4.69) is 6.92 Å². The fraction of sp³-hybridized carbons (Fsp3) is 0.381. The Bertz CT molecular complexity index is 790. The lowest BCUT2D eigenvalue weighted by atomic mass is 10.0. The van der Waals surface area contributed by atoms with Gasteiger partial charge in [0, 0.05) is 0 Å². The summed E-state index contributed by atoms with van der Waals surface area (Å²) in [6.07, 6.45) is 6.57. The normalized spacial score (nSPS) is 10.9. The molecular formula is C21H21F5O2. The Kier molecular flexibility index (Phi) is 7.96. The first kappa shape index (κ1) is 21.9. The molecule has 0 radical (unpaired) electrons. The third-order valence-corrected chi connectivity index (χ3v) is 4.41. The lowest BCUT2D eigenvalue weighted by Crippen LogP contribution is -2.11. The van der Waals surface area contributed by atoms with Crippen molar-refractivity contribution in [2.45, 2.75) is 52.1 Å². The third-order valence-electron chi connectivity index (χ3n) is 4.41. The first-order valence-corrected chi connectivity index (χ1v) is 9.13. The van der Waals surface area contributed by atoms with Crippen molar-refractivity contribution in [2.75, 3.05) is 0 Å². The molecule has 0 saturated carbocycles. The average Bonchev–Trinajstić information content (AvgIpc) is 2.71. The van der Waals surface area contributed by atoms with E-state index in [0.29, 0.717) is 0 Å². The number of halogens is 5. The van der Waals surface area contributed by atoms with Gasteiger partial charge in [-0.15, -0.1) is 0 Å². The van der Waals surface area contributed by atoms with Crippen LogP contribution in [0.1, 0.15) is 60.5 Å². The highest BCUT2D eigenvalue weighted by atomic mass is 19.2. The summed E-state index contributed by atoms with van der Waals surface area (Å²) >= 11 is 0. The van der Waals surface area contributed by atoms with Gasteiger partial charge in [-0.25, -0.2) is 26.7 Å². The zero-order valence-corrected chi connectivity index (χ0v) is 15.5. The van der Waals surface area contributed by atoms with E-state index >= 15 is 0 Å². The van der Waals surface area contributed by atoms with E-state index in [1.807, 2.05) is 0 Å². The number of hydrogen-bond donors (Lipinski definition) is 0. The van der Waals surface area contributed by atoms with E-state index in [-0.39, 0.29) is 5.56 Å². The number of ether oxygens (including phenoxy) is 1. The number of hydrogen-bond acceptors (Lipinski definition) is 2. The summed E-state index contributed by atoms with van der Waals surface area (Å²) < 4.78 is 71.2. The van der Waals surface area contributed by atoms with Crippen LogP contribution in [0, 0.1) is 29.1 Å². The van der Waals surface area contributed by atoms with Gasteiger partial charge in [0.2, 0.25) is 5.82 Å². The first-order valence-electron chi connectivity index (χ1n) is 9.13. The quantitative estimate of drug-likeness (QED) is 0.163. The van der Waals surface area contributed by atoms with E-state index < -0.39 is 47.2 Å². The molecule has 28 heavy (non-hydrogen) atoms. The van der Waals surface area contributed by atoms with Gasteiger partial charge in [0.25, 0.3) is 0 Å². The lowest BCUT2D eigenvalue weighted by Gasteiger charge is -2.09. The molecule has 2 nitrogen and oxygen atoms in total. The van der Waals surface area contributed by atoms with Crippen molar-refractivity contribution in [3.05, 3.63) is 70.0 Å². The van der Waals surface area contributed by atoms with Crippen molar-refractivity contribution in [1.29, 1.82) is 0 Å². The first-order chi connectivity index (χ1) is 13.4. The van der Waals surface area contributed by atoms with Crippen LogP contribution >= 0.6 is 0 Å². The number of unbranched alkanes of at least 4 members (excludes halogenated alkanes) is 4. The SMILES string of the molecule is CCCCCCCc1ccc(C(=O)OCc2c(F)c(F)c(F)c(F)c2F)cc1. The second-order valence-corrected chi connectivity index (χ2v) is 6.49. The summed E-state index contributed by atoms with van der Waals surface area (Å²) in [7, 11) is 0. The molecule has 0 N–H and O–H groups in total. The van der Waals surface area contributed by atoms with E-state index in [1.165, 1.54) is 31.4 Å². The molecule has 0 aliphatic heterocycles. The highest BCUT2D eigenvalue weighted by molar-refractivity contribution is 5.89. The van der Waals surface area contributed by atoms with Crippen LogP contribution in [-0.2, 0) is 17.8 Å². The molecule has 0 saturated heterocycles. The summed E-state index contributed by atoms with van der Waals surface area (Å²) in [5.74, 6) is -11.3. The molecule has 0 spiro atoms. The number of carbonyl (C=O) groups is 1. The molecule has 0 aromatic heterocycles. The van der Waals surface area contributed by atoms with Gasteiger partial charge in [-0.3, -0.25) is 0 Å². The van der Waals surface area contributed by atoms with Crippen LogP contribution in [0.15, 0.2) is 24.3 Å². The van der Waals surface area contributed by atoms with Crippen LogP contribution in [0.5, 0.6) is 0 Å². The van der Waals surface area contributed by atoms with Crippen molar-refractivity contribution in [2.24, 2.45) is 0 Å². The van der Waals surface area contributed by atoms with Crippen molar-refractivity contribution in [1.82, 2.24) is 0 Å². The second kappa shape index (κ2) is 10.2. The van der Waals surface area contributed by atoms with E-state index in [9.17, 15) is 26.7 Å². The number of benzene rings is 2. The smallest absolute Gasteiger partial charge is 0.338 e. The highest BCUT2D eigenvalue weighted by Gasteiger charge is 2.26. The topological polar surface area (TPSA) is 26.3 Å². The maximum Gasteiger partial charge on any atom is 0.338 e. The van der Waals surface area contributed by atoms with Crippen molar-refractivity contribution >= 4 is 5.97 Å². The number of esters is 1. The maximum atomic E-state index is 13.6. The fourth-order valence-corrected chi connectivity index (χ4v) is 2.74. The van der Waals surface area contributed by atoms with E-state index in [4.69, 9.17) is 4.74 Å². The minimum absolute atomic E-state index is 0.124. The zero-order chi connectivity index (χ0) is 20.7. The monoisotopic (exact) mass is 400 g/mol. The summed E-state index contributed by atoms with van der Waals surface area (Å²) in [5, 5.41) is 0. The van der Waals surface area contributed by atoms with Crippen LogP contribution in [-0.4, -0.2) is 5.97 Å². The Morgan fingerprint density at radius 3 is 1.89 bits per heavy atom. The van der Waals surface area contributed by atoms with E-state index in [1.54, 1.807) is 12.1 Å². The summed E-state index contributed by atoms with van der Waals surface area (Å²) in [6.45, 7) is 1.08. The zero-order valence-electron chi connectivity index (χ0n) is 15.5. The second-order valence-electron chi connectivity index (χ2n) is 6.49. The van der Waals surface area contributed by atoms with Gasteiger partial charge in [0.1, 0.15) is 6.61 Å². The predicted octanol–water partition coefficient (Wildman–Crippen LogP) is 6.25. The Morgan fingerprint density at radius 1 is 0.786 bits per heavy atom. The summed E-state index contributed by atoms with van der Waals surface area (Å²) in [5.41, 5.74) is -0.0279. The molecule has 152 valence electrons. The van der Waals surface area contributed by atoms with E-state index in [0.717, 1.165) is 24.8 Å². The fourth-order valence-electron chi connectivity index (χ4n) is 2.74. The molecule has 0 fully saturated rings. The molecule has 7 heteroatoms. The number of aryl methyl sites for hydroxylation is 1. The van der Waals surface area contributed by atoms with Gasteiger partial charge in [-0.05, 0) is 30.5 Å². The van der Waals surface area contributed by atoms with Gasteiger partial charge in [-0.1, -0.05) is 44.7 Å². The predicted molar refractivity (Wildman–Crippen MR) is 94.3 cm³/mol.